The largest absolute Gasteiger partial charge is 0.486 e. The van der Waals surface area contributed by atoms with Crippen molar-refractivity contribution >= 4 is 17.5 Å². The summed E-state index contributed by atoms with van der Waals surface area (Å²) >= 11 is 6.08. The van der Waals surface area contributed by atoms with E-state index in [1.54, 1.807) is 12.1 Å². The summed E-state index contributed by atoms with van der Waals surface area (Å²) in [4.78, 5) is 12.4. The molecule has 146 valence electrons. The molecule has 0 radical (unpaired) electrons. The third kappa shape index (κ3) is 4.68. The molecule has 0 saturated heterocycles. The van der Waals surface area contributed by atoms with E-state index in [2.05, 4.69) is 5.32 Å². The highest BCUT2D eigenvalue weighted by Crippen LogP contribution is 2.34. The van der Waals surface area contributed by atoms with Gasteiger partial charge in [-0.15, -0.1) is 0 Å². The lowest BCUT2D eigenvalue weighted by Crippen LogP contribution is -2.35. The van der Waals surface area contributed by atoms with Crippen LogP contribution in [0.15, 0.2) is 36.4 Å². The number of carbonyl (C=O) groups is 1. The number of amides is 1. The van der Waals surface area contributed by atoms with Gasteiger partial charge in [-0.25, -0.2) is 0 Å². The third-order valence-electron chi connectivity index (χ3n) is 4.33. The standard InChI is InChI=1S/C21H21ClN2O4/c1-13(2)21(15-4-6-18-19(10-15)27-8-7-26-18)24-20(25)12-28-17-5-3-14(11-23)9-16(17)22/h3-6,9-10,13,21H,7-8,12H2,1-2H3,(H,24,25)/t21-/m1/s1. The van der Waals surface area contributed by atoms with E-state index in [4.69, 9.17) is 31.1 Å². The van der Waals surface area contributed by atoms with Gasteiger partial charge in [0.15, 0.2) is 18.1 Å². The summed E-state index contributed by atoms with van der Waals surface area (Å²) in [5.41, 5.74) is 1.37. The van der Waals surface area contributed by atoms with Crippen molar-refractivity contribution in [3.05, 3.63) is 52.5 Å². The predicted molar refractivity (Wildman–Crippen MR) is 105 cm³/mol. The van der Waals surface area contributed by atoms with Gasteiger partial charge in [0.2, 0.25) is 0 Å². The third-order valence-corrected chi connectivity index (χ3v) is 4.62. The Bertz CT molecular complexity index is 908. The van der Waals surface area contributed by atoms with E-state index in [1.165, 1.54) is 6.07 Å². The summed E-state index contributed by atoms with van der Waals surface area (Å²) in [7, 11) is 0. The van der Waals surface area contributed by atoms with Crippen molar-refractivity contribution in [1.82, 2.24) is 5.32 Å². The quantitative estimate of drug-likeness (QED) is 0.795. The van der Waals surface area contributed by atoms with Gasteiger partial charge in [0.25, 0.3) is 5.91 Å². The maximum atomic E-state index is 12.4. The van der Waals surface area contributed by atoms with Gasteiger partial charge >= 0.3 is 0 Å². The number of carbonyl (C=O) groups excluding carboxylic acids is 1. The SMILES string of the molecule is CC(C)[C@@H](NC(=O)COc1ccc(C#N)cc1Cl)c1ccc2c(c1)OCCO2. The maximum absolute atomic E-state index is 12.4. The topological polar surface area (TPSA) is 80.6 Å². The number of benzene rings is 2. The second-order valence-corrected chi connectivity index (χ2v) is 7.15. The Labute approximate surface area is 169 Å². The molecule has 1 aliphatic heterocycles. The first-order valence-corrected chi connectivity index (χ1v) is 9.37. The summed E-state index contributed by atoms with van der Waals surface area (Å²) in [6, 6.07) is 12.1. The minimum absolute atomic E-state index is 0.157. The summed E-state index contributed by atoms with van der Waals surface area (Å²) in [6.07, 6.45) is 0. The van der Waals surface area contributed by atoms with E-state index in [-0.39, 0.29) is 24.5 Å². The zero-order chi connectivity index (χ0) is 20.1. The molecule has 0 spiro atoms. The van der Waals surface area contributed by atoms with Crippen LogP contribution in [-0.4, -0.2) is 25.7 Å². The summed E-state index contributed by atoms with van der Waals surface area (Å²) in [5.74, 6) is 1.64. The van der Waals surface area contributed by atoms with Gasteiger partial charge in [-0.2, -0.15) is 5.26 Å². The van der Waals surface area contributed by atoms with Gasteiger partial charge in [0.1, 0.15) is 19.0 Å². The van der Waals surface area contributed by atoms with E-state index < -0.39 is 0 Å². The molecule has 1 amide bonds. The Morgan fingerprint density at radius 2 is 1.96 bits per heavy atom. The normalized spacial score (nSPS) is 13.5. The van der Waals surface area contributed by atoms with E-state index in [9.17, 15) is 4.79 Å². The average molecular weight is 401 g/mol. The fraction of sp³-hybridized carbons (Fsp3) is 0.333. The molecule has 0 bridgehead atoms. The molecule has 0 aliphatic carbocycles. The van der Waals surface area contributed by atoms with Crippen molar-refractivity contribution in [2.24, 2.45) is 5.92 Å². The van der Waals surface area contributed by atoms with Gasteiger partial charge in [-0.1, -0.05) is 31.5 Å². The summed E-state index contributed by atoms with van der Waals surface area (Å²) in [5, 5.41) is 12.2. The first-order chi connectivity index (χ1) is 13.5. The number of rotatable bonds is 6. The summed E-state index contributed by atoms with van der Waals surface area (Å²) in [6.45, 7) is 4.92. The lowest BCUT2D eigenvalue weighted by Gasteiger charge is -2.25. The number of fused-ring (bicyclic) bond motifs is 1. The zero-order valence-electron chi connectivity index (χ0n) is 15.7. The van der Waals surface area contributed by atoms with Crippen LogP contribution < -0.4 is 19.5 Å². The molecular weight excluding hydrogens is 380 g/mol. The van der Waals surface area contributed by atoms with Gasteiger partial charge in [0.05, 0.1) is 22.7 Å². The molecule has 1 heterocycles. The number of nitrogens with one attached hydrogen (secondary N) is 1. The number of nitriles is 1. The molecule has 6 nitrogen and oxygen atoms in total. The van der Waals surface area contributed by atoms with Crippen LogP contribution in [-0.2, 0) is 4.79 Å². The van der Waals surface area contributed by atoms with E-state index >= 15 is 0 Å². The van der Waals surface area contributed by atoms with Crippen LogP contribution >= 0.6 is 11.6 Å². The number of ether oxygens (including phenoxy) is 3. The second-order valence-electron chi connectivity index (χ2n) is 6.74. The molecule has 3 rings (SSSR count). The molecule has 1 aliphatic rings. The van der Waals surface area contributed by atoms with Crippen LogP contribution in [0, 0.1) is 17.2 Å². The van der Waals surface area contributed by atoms with Crippen LogP contribution in [0.2, 0.25) is 5.02 Å². The van der Waals surface area contributed by atoms with Crippen molar-refractivity contribution in [3.63, 3.8) is 0 Å². The smallest absolute Gasteiger partial charge is 0.258 e. The number of hydrogen-bond acceptors (Lipinski definition) is 5. The lowest BCUT2D eigenvalue weighted by molar-refractivity contribution is -0.124. The van der Waals surface area contributed by atoms with Gasteiger partial charge < -0.3 is 19.5 Å². The van der Waals surface area contributed by atoms with Crippen molar-refractivity contribution in [3.8, 4) is 23.3 Å². The maximum Gasteiger partial charge on any atom is 0.258 e. The van der Waals surface area contributed by atoms with Gasteiger partial charge in [0, 0.05) is 0 Å². The molecule has 1 atom stereocenters. The monoisotopic (exact) mass is 400 g/mol. The second kappa shape index (κ2) is 8.85. The Balaban J connectivity index is 1.66. The minimum atomic E-state index is -0.269. The Kier molecular flexibility index (Phi) is 6.27. The first-order valence-electron chi connectivity index (χ1n) is 8.99. The molecule has 2 aromatic rings. The highest BCUT2D eigenvalue weighted by atomic mass is 35.5. The molecule has 0 aromatic heterocycles. The van der Waals surface area contributed by atoms with Gasteiger partial charge in [-0.3, -0.25) is 4.79 Å². The van der Waals surface area contributed by atoms with Crippen molar-refractivity contribution in [1.29, 1.82) is 5.26 Å². The highest BCUT2D eigenvalue weighted by Gasteiger charge is 2.21. The van der Waals surface area contributed by atoms with Crippen molar-refractivity contribution in [2.45, 2.75) is 19.9 Å². The molecule has 1 N–H and O–H groups in total. The highest BCUT2D eigenvalue weighted by molar-refractivity contribution is 6.32. The fourth-order valence-electron chi connectivity index (χ4n) is 2.93. The molecule has 2 aromatic carbocycles. The van der Waals surface area contributed by atoms with Crippen LogP contribution in [0.4, 0.5) is 0 Å². The predicted octanol–water partition coefficient (Wildman–Crippen LogP) is 3.88. The van der Waals surface area contributed by atoms with Crippen LogP contribution in [0.25, 0.3) is 0 Å². The minimum Gasteiger partial charge on any atom is -0.486 e. The molecule has 0 fully saturated rings. The van der Waals surface area contributed by atoms with Gasteiger partial charge in [-0.05, 0) is 41.8 Å². The Morgan fingerprint density at radius 3 is 2.64 bits per heavy atom. The molecular formula is C21H21ClN2O4. The van der Waals surface area contributed by atoms with Crippen molar-refractivity contribution in [2.75, 3.05) is 19.8 Å². The zero-order valence-corrected chi connectivity index (χ0v) is 16.5. The number of halogens is 1. The van der Waals surface area contributed by atoms with Crippen LogP contribution in [0.5, 0.6) is 17.2 Å². The van der Waals surface area contributed by atoms with E-state index in [0.717, 1.165) is 5.56 Å². The van der Waals surface area contributed by atoms with Crippen LogP contribution in [0.3, 0.4) is 0 Å². The number of nitrogens with zero attached hydrogens (tertiary/aromatic N) is 1. The average Bonchev–Trinajstić information content (AvgIpc) is 2.70. The number of hydrogen-bond donors (Lipinski definition) is 1. The lowest BCUT2D eigenvalue weighted by atomic mass is 9.95. The van der Waals surface area contributed by atoms with Crippen LogP contribution in [0.1, 0.15) is 31.0 Å². The Morgan fingerprint density at radius 1 is 1.21 bits per heavy atom. The molecule has 0 unspecified atom stereocenters. The van der Waals surface area contributed by atoms with E-state index in [1.807, 2.05) is 38.1 Å². The van der Waals surface area contributed by atoms with Crippen molar-refractivity contribution < 1.29 is 19.0 Å². The van der Waals surface area contributed by atoms with E-state index in [0.29, 0.717) is 41.0 Å². The summed E-state index contributed by atoms with van der Waals surface area (Å²) < 4.78 is 16.7. The molecule has 28 heavy (non-hydrogen) atoms. The Hall–Kier alpha value is -2.91. The first kappa shape index (κ1) is 19.8. The molecule has 7 heteroatoms. The molecule has 0 saturated carbocycles. The fourth-order valence-corrected chi connectivity index (χ4v) is 3.17.